The number of hydrogen-bond donors (Lipinski definition) is 1. The van der Waals surface area contributed by atoms with Gasteiger partial charge in [0.2, 0.25) is 0 Å². The molecule has 7 rings (SSSR count). The van der Waals surface area contributed by atoms with Gasteiger partial charge in [0.05, 0.1) is 11.0 Å². The second-order valence-electron chi connectivity index (χ2n) is 8.61. The van der Waals surface area contributed by atoms with Crippen LogP contribution in [0.1, 0.15) is 17.7 Å². The molecule has 1 N–H and O–H groups in total. The summed E-state index contributed by atoms with van der Waals surface area (Å²) < 4.78 is 2.43. The van der Waals surface area contributed by atoms with E-state index in [1.807, 2.05) is 0 Å². The summed E-state index contributed by atoms with van der Waals surface area (Å²) in [7, 11) is 0. The summed E-state index contributed by atoms with van der Waals surface area (Å²) in [5.41, 5.74) is 10.1. The van der Waals surface area contributed by atoms with Crippen LogP contribution in [-0.4, -0.2) is 9.55 Å². The van der Waals surface area contributed by atoms with E-state index >= 15 is 0 Å². The van der Waals surface area contributed by atoms with Crippen molar-refractivity contribution in [2.75, 3.05) is 0 Å². The zero-order valence-electron chi connectivity index (χ0n) is 17.7. The van der Waals surface area contributed by atoms with Crippen LogP contribution >= 0.6 is 0 Å². The van der Waals surface area contributed by atoms with Crippen LogP contribution in [0.15, 0.2) is 97.1 Å². The van der Waals surface area contributed by atoms with Crippen LogP contribution in [0.4, 0.5) is 0 Å². The molecule has 0 radical (unpaired) electrons. The molecule has 0 saturated carbocycles. The third kappa shape index (κ3) is 2.47. The molecule has 0 fully saturated rings. The normalized spacial score (nSPS) is 13.2. The summed E-state index contributed by atoms with van der Waals surface area (Å²) in [6.07, 6.45) is 6.81. The molecular formula is C30H22N2. The Kier molecular flexibility index (Phi) is 3.71. The Balaban J connectivity index is 1.48. The van der Waals surface area contributed by atoms with Crippen LogP contribution in [0.3, 0.4) is 0 Å². The highest BCUT2D eigenvalue weighted by Crippen LogP contribution is 2.37. The third-order valence-electron chi connectivity index (χ3n) is 6.81. The standard InChI is InChI=1S/C30H22N2/c1-4-16-27-23(11-1)26-15-8-14-22(30(26)31-27)20-9-7-10-21(19-20)32-28-17-5-2-12-24(28)25-13-3-6-18-29(25)32/h1-2,4-12,14-19,31H,3,13H2. The van der Waals surface area contributed by atoms with Gasteiger partial charge in [0, 0.05) is 38.6 Å². The van der Waals surface area contributed by atoms with Crippen molar-refractivity contribution in [3.8, 4) is 16.8 Å². The van der Waals surface area contributed by atoms with Gasteiger partial charge in [-0.1, -0.05) is 72.8 Å². The van der Waals surface area contributed by atoms with Crippen LogP contribution in [0.25, 0.3) is 55.6 Å². The Morgan fingerprint density at radius 3 is 2.50 bits per heavy atom. The first kappa shape index (κ1) is 17.6. The SMILES string of the molecule is C1=Cc2c(c3ccccc3n2-c2cccc(-c3cccc4c3[nH]c3ccccc34)c2)CC1. The van der Waals surface area contributed by atoms with Crippen molar-refractivity contribution < 1.29 is 0 Å². The number of hydrogen-bond acceptors (Lipinski definition) is 0. The van der Waals surface area contributed by atoms with Crippen molar-refractivity contribution in [3.63, 3.8) is 0 Å². The molecular weight excluding hydrogens is 388 g/mol. The van der Waals surface area contributed by atoms with Crippen molar-refractivity contribution in [3.05, 3.63) is 108 Å². The zero-order chi connectivity index (χ0) is 21.1. The maximum absolute atomic E-state index is 3.66. The summed E-state index contributed by atoms with van der Waals surface area (Å²) in [5, 5.41) is 3.92. The molecule has 0 bridgehead atoms. The summed E-state index contributed by atoms with van der Waals surface area (Å²) in [6.45, 7) is 0. The monoisotopic (exact) mass is 410 g/mol. The van der Waals surface area contributed by atoms with Gasteiger partial charge in [-0.15, -0.1) is 0 Å². The number of benzene rings is 4. The fourth-order valence-electron chi connectivity index (χ4n) is 5.39. The topological polar surface area (TPSA) is 20.7 Å². The number of para-hydroxylation sites is 3. The summed E-state index contributed by atoms with van der Waals surface area (Å²) >= 11 is 0. The molecule has 1 aliphatic carbocycles. The fourth-order valence-corrected chi connectivity index (χ4v) is 5.39. The zero-order valence-corrected chi connectivity index (χ0v) is 17.7. The van der Waals surface area contributed by atoms with E-state index in [2.05, 4.69) is 113 Å². The van der Waals surface area contributed by atoms with Gasteiger partial charge in [0.25, 0.3) is 0 Å². The molecule has 2 nitrogen and oxygen atoms in total. The van der Waals surface area contributed by atoms with Crippen LogP contribution in [0.5, 0.6) is 0 Å². The lowest BCUT2D eigenvalue weighted by molar-refractivity contribution is 0.968. The third-order valence-corrected chi connectivity index (χ3v) is 6.81. The number of nitrogens with one attached hydrogen (secondary N) is 1. The molecule has 0 saturated heterocycles. The lowest BCUT2D eigenvalue weighted by Crippen LogP contribution is -2.00. The van der Waals surface area contributed by atoms with Crippen molar-refractivity contribution in [1.29, 1.82) is 0 Å². The maximum atomic E-state index is 3.66. The van der Waals surface area contributed by atoms with Crippen LogP contribution in [-0.2, 0) is 6.42 Å². The first-order valence-corrected chi connectivity index (χ1v) is 11.3. The highest BCUT2D eigenvalue weighted by Gasteiger charge is 2.18. The molecule has 1 aliphatic rings. The minimum absolute atomic E-state index is 1.10. The first-order chi connectivity index (χ1) is 15.9. The van der Waals surface area contributed by atoms with E-state index in [1.54, 1.807) is 0 Å². The van der Waals surface area contributed by atoms with E-state index in [0.29, 0.717) is 0 Å². The highest BCUT2D eigenvalue weighted by atomic mass is 15.0. The largest absolute Gasteiger partial charge is 0.354 e. The molecule has 4 aromatic carbocycles. The minimum Gasteiger partial charge on any atom is -0.354 e. The quantitative estimate of drug-likeness (QED) is 0.300. The van der Waals surface area contributed by atoms with Crippen molar-refractivity contribution in [2.45, 2.75) is 12.8 Å². The summed E-state index contributed by atoms with van der Waals surface area (Å²) in [5.74, 6) is 0. The van der Waals surface area contributed by atoms with Gasteiger partial charge in [0.15, 0.2) is 0 Å². The van der Waals surface area contributed by atoms with Gasteiger partial charge in [0.1, 0.15) is 0 Å². The summed E-state index contributed by atoms with van der Waals surface area (Å²) in [4.78, 5) is 3.66. The Bertz CT molecular complexity index is 1680. The molecule has 6 aromatic rings. The highest BCUT2D eigenvalue weighted by molar-refractivity contribution is 6.11. The van der Waals surface area contributed by atoms with Gasteiger partial charge in [-0.25, -0.2) is 0 Å². The molecule has 32 heavy (non-hydrogen) atoms. The van der Waals surface area contributed by atoms with Gasteiger partial charge in [-0.3, -0.25) is 0 Å². The smallest absolute Gasteiger partial charge is 0.0544 e. The van der Waals surface area contributed by atoms with E-state index in [9.17, 15) is 0 Å². The number of nitrogens with zero attached hydrogens (tertiary/aromatic N) is 1. The Hall–Kier alpha value is -4.04. The minimum atomic E-state index is 1.10. The number of aryl methyl sites for hydroxylation is 1. The molecule has 2 heterocycles. The van der Waals surface area contributed by atoms with Gasteiger partial charge in [-0.05, 0) is 54.3 Å². The van der Waals surface area contributed by atoms with Gasteiger partial charge >= 0.3 is 0 Å². The van der Waals surface area contributed by atoms with E-state index in [4.69, 9.17) is 0 Å². The van der Waals surface area contributed by atoms with Crippen LogP contribution in [0, 0.1) is 0 Å². The average Bonchev–Trinajstić information content (AvgIpc) is 3.40. The maximum Gasteiger partial charge on any atom is 0.0544 e. The Labute approximate surface area is 186 Å². The predicted octanol–water partition coefficient (Wildman–Crippen LogP) is 7.89. The number of rotatable bonds is 2. The number of aromatic amines is 1. The van der Waals surface area contributed by atoms with E-state index < -0.39 is 0 Å². The van der Waals surface area contributed by atoms with E-state index in [-0.39, 0.29) is 0 Å². The van der Waals surface area contributed by atoms with Gasteiger partial charge < -0.3 is 9.55 Å². The number of fused-ring (bicyclic) bond motifs is 6. The van der Waals surface area contributed by atoms with Crippen LogP contribution < -0.4 is 0 Å². The lowest BCUT2D eigenvalue weighted by Gasteiger charge is -2.13. The number of aromatic nitrogens is 2. The summed E-state index contributed by atoms with van der Waals surface area (Å²) in [6, 6.07) is 32.9. The molecule has 152 valence electrons. The first-order valence-electron chi connectivity index (χ1n) is 11.3. The van der Waals surface area contributed by atoms with Crippen molar-refractivity contribution >= 4 is 38.8 Å². The van der Waals surface area contributed by atoms with E-state index in [0.717, 1.165) is 12.8 Å². The number of H-pyrrole nitrogens is 1. The second kappa shape index (κ2) is 6.73. The molecule has 2 aromatic heterocycles. The molecule has 0 spiro atoms. The molecule has 0 aliphatic heterocycles. The average molecular weight is 411 g/mol. The predicted molar refractivity (Wildman–Crippen MR) is 135 cm³/mol. The lowest BCUT2D eigenvalue weighted by atomic mass is 10.0. The van der Waals surface area contributed by atoms with Crippen LogP contribution in [0.2, 0.25) is 0 Å². The van der Waals surface area contributed by atoms with Crippen molar-refractivity contribution in [1.82, 2.24) is 9.55 Å². The fraction of sp³-hybridized carbons (Fsp3) is 0.0667. The Morgan fingerprint density at radius 2 is 1.53 bits per heavy atom. The Morgan fingerprint density at radius 1 is 0.719 bits per heavy atom. The number of allylic oxidation sites excluding steroid dienone is 1. The molecule has 0 amide bonds. The molecule has 2 heteroatoms. The van der Waals surface area contributed by atoms with E-state index in [1.165, 1.54) is 60.8 Å². The molecule has 0 unspecified atom stereocenters. The van der Waals surface area contributed by atoms with Gasteiger partial charge in [-0.2, -0.15) is 0 Å². The molecule has 0 atom stereocenters. The second-order valence-corrected chi connectivity index (χ2v) is 8.61. The van der Waals surface area contributed by atoms with Crippen molar-refractivity contribution in [2.24, 2.45) is 0 Å².